The van der Waals surface area contributed by atoms with E-state index in [9.17, 15) is 38.4 Å². The summed E-state index contributed by atoms with van der Waals surface area (Å²) in [6.07, 6.45) is 0.899. The second kappa shape index (κ2) is 14.3. The average Bonchev–Trinajstić information content (AvgIpc) is 3.42. The van der Waals surface area contributed by atoms with Crippen LogP contribution in [0.25, 0.3) is 0 Å². The summed E-state index contributed by atoms with van der Waals surface area (Å²) in [4.78, 5) is 98.1. The third kappa shape index (κ3) is 7.39. The Morgan fingerprint density at radius 1 is 0.686 bits per heavy atom. The molecule has 256 valence electrons. The number of anilines is 2. The maximum atomic E-state index is 12.9. The molecule has 0 aromatic heterocycles. The van der Waals surface area contributed by atoms with Crippen molar-refractivity contribution in [3.05, 3.63) is 129 Å². The minimum Gasteiger partial charge on any atom is -0.465 e. The predicted octanol–water partition coefficient (Wildman–Crippen LogP) is 2.87. The number of methoxy groups -OCH3 is 1. The molecule has 0 bridgehead atoms. The third-order valence-electron chi connectivity index (χ3n) is 8.32. The molecule has 0 spiro atoms. The van der Waals surface area contributed by atoms with E-state index in [0.29, 0.717) is 17.7 Å². The number of carbonyl (C=O) groups excluding carboxylic acids is 8. The Balaban J connectivity index is 1.00. The van der Waals surface area contributed by atoms with Crippen molar-refractivity contribution in [1.82, 2.24) is 10.6 Å². The molecule has 0 saturated carbocycles. The van der Waals surface area contributed by atoms with Crippen LogP contribution in [0.5, 0.6) is 0 Å². The predicted molar refractivity (Wildman–Crippen MR) is 179 cm³/mol. The van der Waals surface area contributed by atoms with Crippen LogP contribution in [-0.2, 0) is 31.9 Å². The molecule has 2 aliphatic rings. The first-order valence-electron chi connectivity index (χ1n) is 15.5. The number of esters is 3. The number of benzene rings is 4. The summed E-state index contributed by atoms with van der Waals surface area (Å²) in [6, 6.07) is 19.8. The fourth-order valence-electron chi connectivity index (χ4n) is 5.60. The van der Waals surface area contributed by atoms with E-state index < -0.39 is 41.8 Å². The second-order valence-corrected chi connectivity index (χ2v) is 11.7. The van der Waals surface area contributed by atoms with Gasteiger partial charge in [-0.2, -0.15) is 0 Å². The minimum atomic E-state index is -0.820. The van der Waals surface area contributed by atoms with Gasteiger partial charge in [-0.15, -0.1) is 0 Å². The lowest BCUT2D eigenvalue weighted by Gasteiger charge is -2.30. The van der Waals surface area contributed by atoms with Crippen molar-refractivity contribution in [2.45, 2.75) is 24.9 Å². The standard InChI is InChI=1S/C37H28N4O10/c1-50-35(47)27-16-21(6-7-23(27)18-42)31(43)38-24-9-2-19(3-10-24)14-29-33(45)41-30(34(46)40-29)15-20-4-11-25(12-5-20)39-32(44)22-8-13-26-28(17-22)37(49)51-36(26)48/h2-13,16-18,29-30H,14-15H2,1H3,(H,38,43)(H,39,44)(H,40,46)(H,41,45). The van der Waals surface area contributed by atoms with Gasteiger partial charge in [-0.1, -0.05) is 30.3 Å². The zero-order valence-electron chi connectivity index (χ0n) is 26.8. The quantitative estimate of drug-likeness (QED) is 0.109. The molecule has 0 aliphatic carbocycles. The Labute approximate surface area is 289 Å². The highest BCUT2D eigenvalue weighted by molar-refractivity contribution is 6.16. The van der Waals surface area contributed by atoms with Crippen LogP contribution < -0.4 is 21.3 Å². The zero-order valence-corrected chi connectivity index (χ0v) is 26.8. The first kappa shape index (κ1) is 33.9. The van der Waals surface area contributed by atoms with Crippen molar-refractivity contribution in [1.29, 1.82) is 0 Å². The van der Waals surface area contributed by atoms with E-state index in [1.807, 2.05) is 0 Å². The summed E-state index contributed by atoms with van der Waals surface area (Å²) >= 11 is 0. The summed E-state index contributed by atoms with van der Waals surface area (Å²) in [5, 5.41) is 11.0. The maximum Gasteiger partial charge on any atom is 0.346 e. The van der Waals surface area contributed by atoms with Crippen LogP contribution in [0.15, 0.2) is 84.9 Å². The molecular weight excluding hydrogens is 660 g/mol. The van der Waals surface area contributed by atoms with Crippen LogP contribution in [-0.4, -0.2) is 67.0 Å². The number of nitrogens with one attached hydrogen (secondary N) is 4. The Morgan fingerprint density at radius 2 is 1.18 bits per heavy atom. The molecule has 0 radical (unpaired) electrons. The number of ether oxygens (including phenoxy) is 2. The molecule has 1 fully saturated rings. The van der Waals surface area contributed by atoms with Crippen molar-refractivity contribution in [3.63, 3.8) is 0 Å². The van der Waals surface area contributed by atoms with Gasteiger partial charge in [-0.25, -0.2) is 14.4 Å². The largest absolute Gasteiger partial charge is 0.465 e. The van der Waals surface area contributed by atoms with Crippen molar-refractivity contribution < 1.29 is 47.8 Å². The summed E-state index contributed by atoms with van der Waals surface area (Å²) in [7, 11) is 1.17. The Kier molecular flexibility index (Phi) is 9.48. The number of carbonyl (C=O) groups is 8. The van der Waals surface area contributed by atoms with Crippen LogP contribution in [0, 0.1) is 0 Å². The Bertz CT molecular complexity index is 2130. The Morgan fingerprint density at radius 3 is 1.69 bits per heavy atom. The summed E-state index contributed by atoms with van der Waals surface area (Å²) in [6.45, 7) is 0. The van der Waals surface area contributed by atoms with Gasteiger partial charge in [0.15, 0.2) is 6.29 Å². The van der Waals surface area contributed by atoms with Crippen LogP contribution >= 0.6 is 0 Å². The molecule has 4 amide bonds. The van der Waals surface area contributed by atoms with Gasteiger partial charge in [0.05, 0.1) is 23.8 Å². The third-order valence-corrected chi connectivity index (χ3v) is 8.32. The molecule has 4 aromatic carbocycles. The first-order chi connectivity index (χ1) is 24.5. The van der Waals surface area contributed by atoms with E-state index >= 15 is 0 Å². The highest BCUT2D eigenvalue weighted by atomic mass is 16.6. The van der Waals surface area contributed by atoms with Gasteiger partial charge in [0.1, 0.15) is 12.1 Å². The maximum absolute atomic E-state index is 12.9. The van der Waals surface area contributed by atoms with Gasteiger partial charge in [0, 0.05) is 40.9 Å². The highest BCUT2D eigenvalue weighted by Gasteiger charge is 2.34. The van der Waals surface area contributed by atoms with E-state index in [1.54, 1.807) is 48.5 Å². The number of piperazine rings is 1. The average molecular weight is 689 g/mol. The smallest absolute Gasteiger partial charge is 0.346 e. The summed E-state index contributed by atoms with van der Waals surface area (Å²) in [5.41, 5.74) is 2.84. The molecule has 51 heavy (non-hydrogen) atoms. The van der Waals surface area contributed by atoms with Gasteiger partial charge >= 0.3 is 17.9 Å². The van der Waals surface area contributed by atoms with Gasteiger partial charge in [0.25, 0.3) is 11.8 Å². The number of aldehydes is 1. The van der Waals surface area contributed by atoms with Crippen LogP contribution in [0.3, 0.4) is 0 Å². The molecule has 14 heteroatoms. The highest BCUT2D eigenvalue weighted by Crippen LogP contribution is 2.23. The molecule has 2 unspecified atom stereocenters. The molecule has 2 aliphatic heterocycles. The van der Waals surface area contributed by atoms with Crippen LogP contribution in [0.1, 0.15) is 73.3 Å². The Hall–Kier alpha value is -6.96. The monoisotopic (exact) mass is 688 g/mol. The van der Waals surface area contributed by atoms with Crippen molar-refractivity contribution in [2.75, 3.05) is 17.7 Å². The number of hydrogen-bond donors (Lipinski definition) is 4. The molecule has 2 heterocycles. The molecule has 2 atom stereocenters. The van der Waals surface area contributed by atoms with E-state index in [0.717, 1.165) is 11.1 Å². The lowest BCUT2D eigenvalue weighted by molar-refractivity contribution is -0.136. The number of fused-ring (bicyclic) bond motifs is 1. The first-order valence-corrected chi connectivity index (χ1v) is 15.5. The minimum absolute atomic E-state index is 0.0243. The van der Waals surface area contributed by atoms with E-state index in [2.05, 4.69) is 30.7 Å². The van der Waals surface area contributed by atoms with Crippen molar-refractivity contribution in [2.24, 2.45) is 0 Å². The molecular formula is C37H28N4O10. The summed E-state index contributed by atoms with van der Waals surface area (Å²) in [5.74, 6) is -4.05. The van der Waals surface area contributed by atoms with Gasteiger partial charge in [-0.05, 0) is 65.7 Å². The van der Waals surface area contributed by atoms with Gasteiger partial charge in [0.2, 0.25) is 11.8 Å². The van der Waals surface area contributed by atoms with Crippen LogP contribution in [0.4, 0.5) is 11.4 Å². The fraction of sp³-hybridized carbons (Fsp3) is 0.135. The molecule has 6 rings (SSSR count). The van der Waals surface area contributed by atoms with Gasteiger partial charge < -0.3 is 30.7 Å². The van der Waals surface area contributed by atoms with E-state index in [-0.39, 0.29) is 58.0 Å². The molecule has 4 N–H and O–H groups in total. The normalized spacial score (nSPS) is 16.3. The van der Waals surface area contributed by atoms with Crippen LogP contribution in [0.2, 0.25) is 0 Å². The number of amides is 4. The number of cyclic esters (lactones) is 2. The molecule has 1 saturated heterocycles. The molecule has 4 aromatic rings. The second-order valence-electron chi connectivity index (χ2n) is 11.7. The SMILES string of the molecule is COC(=O)c1cc(C(=O)Nc2ccc(CC3NC(=O)C(Cc4ccc(NC(=O)c5ccc6c(c5)C(=O)OC6=O)cc4)NC3=O)cc2)ccc1C=O. The van der Waals surface area contributed by atoms with E-state index in [4.69, 9.17) is 0 Å². The van der Waals surface area contributed by atoms with Crippen molar-refractivity contribution >= 4 is 59.2 Å². The summed E-state index contributed by atoms with van der Waals surface area (Å²) < 4.78 is 9.24. The topological polar surface area (TPSA) is 203 Å². The van der Waals surface area contributed by atoms with E-state index in [1.165, 1.54) is 43.5 Å². The lowest BCUT2D eigenvalue weighted by atomic mass is 9.98. The molecule has 14 nitrogen and oxygen atoms in total. The van der Waals surface area contributed by atoms with Crippen molar-refractivity contribution in [3.8, 4) is 0 Å². The van der Waals surface area contributed by atoms with Gasteiger partial charge in [-0.3, -0.25) is 24.0 Å². The number of hydrogen-bond acceptors (Lipinski definition) is 10. The zero-order chi connectivity index (χ0) is 36.2. The fourth-order valence-corrected chi connectivity index (χ4v) is 5.60. The lowest BCUT2D eigenvalue weighted by Crippen LogP contribution is -2.62. The number of rotatable bonds is 10.